The van der Waals surface area contributed by atoms with E-state index in [2.05, 4.69) is 50.2 Å². The minimum absolute atomic E-state index is 0. The van der Waals surface area contributed by atoms with Gasteiger partial charge in [0.25, 0.3) is 0 Å². The second-order valence-corrected chi connectivity index (χ2v) is 6.99. The second kappa shape index (κ2) is 20.6. The molecule has 4 aromatic rings. The molecule has 0 saturated heterocycles. The van der Waals surface area contributed by atoms with Crippen LogP contribution in [0.25, 0.3) is 22.5 Å². The summed E-state index contributed by atoms with van der Waals surface area (Å²) in [5, 5.41) is 0. The first-order valence-corrected chi connectivity index (χ1v) is 13.0. The molecule has 0 amide bonds. The van der Waals surface area contributed by atoms with Gasteiger partial charge in [-0.1, -0.05) is 79.7 Å². The van der Waals surface area contributed by atoms with E-state index in [0.717, 1.165) is 33.9 Å². The van der Waals surface area contributed by atoms with E-state index in [1.807, 2.05) is 116 Å². The standard InChI is InChI=1S/C25H20N2.4C2H6.Pt/c1-25(2,23-17-9-15-21(26-23)19-11-5-3-6-12-19)24-18-10-16-22(27-24)20-13-7-4-8-14-20;4*1-2;/h3-11,13,15-18H,1-2H3;4*1-2H3;/q-2;;;;;+2. The minimum Gasteiger partial charge on any atom is -0.300 e. The molecular formula is C33H44N2Pt. The molecule has 0 unspecified atom stereocenters. The van der Waals surface area contributed by atoms with E-state index < -0.39 is 0 Å². The first-order valence-electron chi connectivity index (χ1n) is 13.0. The summed E-state index contributed by atoms with van der Waals surface area (Å²) in [5.41, 5.74) is 5.49. The molecule has 2 aromatic heterocycles. The van der Waals surface area contributed by atoms with Gasteiger partial charge in [0.05, 0.1) is 0 Å². The maximum absolute atomic E-state index is 4.91. The Morgan fingerprint density at radius 2 is 0.861 bits per heavy atom. The summed E-state index contributed by atoms with van der Waals surface area (Å²) >= 11 is 0. The molecule has 0 N–H and O–H groups in total. The molecule has 0 fully saturated rings. The van der Waals surface area contributed by atoms with Crippen molar-refractivity contribution in [1.29, 1.82) is 0 Å². The molecule has 0 spiro atoms. The molecule has 36 heavy (non-hydrogen) atoms. The summed E-state index contributed by atoms with van der Waals surface area (Å²) in [5.74, 6) is 0. The third kappa shape index (κ3) is 10.2. The van der Waals surface area contributed by atoms with Crippen LogP contribution in [0.3, 0.4) is 0 Å². The van der Waals surface area contributed by atoms with Crippen molar-refractivity contribution in [2.75, 3.05) is 0 Å². The number of nitrogens with zero attached hydrogens (tertiary/aromatic N) is 2. The Morgan fingerprint density at radius 1 is 0.500 bits per heavy atom. The van der Waals surface area contributed by atoms with E-state index in [0.29, 0.717) is 0 Å². The predicted octanol–water partition coefficient (Wildman–Crippen LogP) is 9.84. The number of hydrogen-bond donors (Lipinski definition) is 0. The summed E-state index contributed by atoms with van der Waals surface area (Å²) in [6.45, 7) is 20.3. The Labute approximate surface area is 235 Å². The zero-order valence-electron chi connectivity index (χ0n) is 23.8. The van der Waals surface area contributed by atoms with Crippen LogP contribution in [0.1, 0.15) is 80.6 Å². The van der Waals surface area contributed by atoms with Gasteiger partial charge in [-0.3, -0.25) is 0 Å². The predicted molar refractivity (Wildman–Crippen MR) is 155 cm³/mol. The number of hydrogen-bond acceptors (Lipinski definition) is 2. The fourth-order valence-electron chi connectivity index (χ4n) is 3.10. The molecule has 0 atom stereocenters. The molecule has 0 aliphatic rings. The molecule has 0 radical (unpaired) electrons. The molecule has 2 aromatic carbocycles. The summed E-state index contributed by atoms with van der Waals surface area (Å²) in [6, 6.07) is 34.6. The quantitative estimate of drug-likeness (QED) is 0.203. The number of benzene rings is 2. The van der Waals surface area contributed by atoms with Crippen molar-refractivity contribution in [2.24, 2.45) is 0 Å². The Kier molecular flexibility index (Phi) is 20.4. The Morgan fingerprint density at radius 3 is 1.17 bits per heavy atom. The maximum Gasteiger partial charge on any atom is 2.00 e. The van der Waals surface area contributed by atoms with Gasteiger partial charge in [-0.2, -0.15) is 0 Å². The number of pyridine rings is 2. The van der Waals surface area contributed by atoms with Crippen molar-refractivity contribution in [3.63, 3.8) is 0 Å². The molecular weight excluding hydrogens is 619 g/mol. The zero-order valence-corrected chi connectivity index (χ0v) is 26.1. The third-order valence-electron chi connectivity index (χ3n) is 4.75. The molecule has 196 valence electrons. The van der Waals surface area contributed by atoms with Gasteiger partial charge in [0.15, 0.2) is 0 Å². The van der Waals surface area contributed by atoms with E-state index in [9.17, 15) is 0 Å². The first kappa shape index (κ1) is 35.6. The van der Waals surface area contributed by atoms with Crippen molar-refractivity contribution in [3.05, 3.63) is 108 Å². The van der Waals surface area contributed by atoms with Gasteiger partial charge in [0, 0.05) is 16.8 Å². The first-order chi connectivity index (χ1) is 17.1. The molecule has 0 bridgehead atoms. The van der Waals surface area contributed by atoms with Gasteiger partial charge >= 0.3 is 21.1 Å². The van der Waals surface area contributed by atoms with Crippen LogP contribution in [0.15, 0.2) is 84.9 Å². The molecule has 2 nitrogen and oxygen atoms in total. The van der Waals surface area contributed by atoms with E-state index >= 15 is 0 Å². The molecule has 4 rings (SSSR count). The van der Waals surface area contributed by atoms with Crippen LogP contribution in [0.5, 0.6) is 0 Å². The molecule has 2 heterocycles. The van der Waals surface area contributed by atoms with E-state index in [-0.39, 0.29) is 26.5 Å². The second-order valence-electron chi connectivity index (χ2n) is 6.99. The van der Waals surface area contributed by atoms with Crippen molar-refractivity contribution in [3.8, 4) is 22.5 Å². The van der Waals surface area contributed by atoms with Crippen LogP contribution in [0.4, 0.5) is 0 Å². The Bertz CT molecular complexity index is 960. The van der Waals surface area contributed by atoms with E-state index in [1.54, 1.807) is 0 Å². The number of rotatable bonds is 4. The topological polar surface area (TPSA) is 25.8 Å². The van der Waals surface area contributed by atoms with Crippen LogP contribution < -0.4 is 0 Å². The van der Waals surface area contributed by atoms with Crippen LogP contribution in [-0.2, 0) is 26.5 Å². The van der Waals surface area contributed by atoms with Gasteiger partial charge in [0.1, 0.15) is 0 Å². The molecule has 0 aliphatic heterocycles. The summed E-state index contributed by atoms with van der Waals surface area (Å²) < 4.78 is 0. The smallest absolute Gasteiger partial charge is 0.300 e. The van der Waals surface area contributed by atoms with Gasteiger partial charge in [-0.05, 0) is 37.4 Å². The Hall–Kier alpha value is -2.57. The van der Waals surface area contributed by atoms with Crippen LogP contribution in [-0.4, -0.2) is 9.97 Å². The van der Waals surface area contributed by atoms with Crippen LogP contribution in [0.2, 0.25) is 0 Å². The van der Waals surface area contributed by atoms with Crippen LogP contribution in [0, 0.1) is 12.1 Å². The fraction of sp³-hybridized carbons (Fsp3) is 0.333. The van der Waals surface area contributed by atoms with Gasteiger partial charge in [-0.15, -0.1) is 71.8 Å². The average molecular weight is 664 g/mol. The number of aromatic nitrogens is 2. The normalized spacial score (nSPS) is 9.17. The van der Waals surface area contributed by atoms with Crippen molar-refractivity contribution >= 4 is 0 Å². The van der Waals surface area contributed by atoms with Gasteiger partial charge in [0.2, 0.25) is 0 Å². The van der Waals surface area contributed by atoms with Crippen LogP contribution >= 0.6 is 0 Å². The van der Waals surface area contributed by atoms with Crippen molar-refractivity contribution in [1.82, 2.24) is 9.97 Å². The maximum atomic E-state index is 4.91. The van der Waals surface area contributed by atoms with E-state index in [4.69, 9.17) is 9.97 Å². The summed E-state index contributed by atoms with van der Waals surface area (Å²) in [7, 11) is 0. The summed E-state index contributed by atoms with van der Waals surface area (Å²) in [6.07, 6.45) is 0. The zero-order chi connectivity index (χ0) is 26.7. The largest absolute Gasteiger partial charge is 2.00 e. The van der Waals surface area contributed by atoms with Crippen molar-refractivity contribution in [2.45, 2.75) is 74.7 Å². The summed E-state index contributed by atoms with van der Waals surface area (Å²) in [4.78, 5) is 9.83. The molecule has 3 heteroatoms. The fourth-order valence-corrected chi connectivity index (χ4v) is 3.10. The third-order valence-corrected chi connectivity index (χ3v) is 4.75. The molecule has 0 saturated carbocycles. The van der Waals surface area contributed by atoms with Gasteiger partial charge in [-0.25, -0.2) is 0 Å². The van der Waals surface area contributed by atoms with E-state index in [1.165, 1.54) is 0 Å². The SMILES string of the molecule is CC.CC.CC.CC.CC(C)(c1cccc(-c2[c-]cccc2)n1)c1cccc(-c2[c-]cccc2)n1.[Pt+2]. The molecule has 0 aliphatic carbocycles. The van der Waals surface area contributed by atoms with Crippen molar-refractivity contribution < 1.29 is 21.1 Å². The Balaban J connectivity index is 0. The van der Waals surface area contributed by atoms with Gasteiger partial charge < -0.3 is 9.97 Å². The average Bonchev–Trinajstić information content (AvgIpc) is 2.98. The minimum atomic E-state index is -0.324. The monoisotopic (exact) mass is 663 g/mol.